The van der Waals surface area contributed by atoms with E-state index in [1.807, 2.05) is 52.0 Å². The zero-order valence-electron chi connectivity index (χ0n) is 22.0. The Morgan fingerprint density at radius 3 is 1.34 bits per heavy atom. The van der Waals surface area contributed by atoms with Crippen LogP contribution in [0.25, 0.3) is 0 Å². The van der Waals surface area contributed by atoms with E-state index in [-0.39, 0.29) is 40.2 Å². The molecule has 2 rings (SSSR count). The Balaban J connectivity index is 0.000000642. The van der Waals surface area contributed by atoms with Gasteiger partial charge in [0.05, 0.1) is 0 Å². The van der Waals surface area contributed by atoms with Crippen LogP contribution in [0.3, 0.4) is 0 Å². The van der Waals surface area contributed by atoms with Crippen molar-refractivity contribution in [3.63, 3.8) is 0 Å². The zero-order chi connectivity index (χ0) is 26.0. The number of carbonyl (C=O) groups excluding carboxylic acids is 2. The van der Waals surface area contributed by atoms with Gasteiger partial charge in [0.25, 0.3) is 0 Å². The van der Waals surface area contributed by atoms with E-state index in [1.54, 1.807) is 23.9 Å². The Hall–Kier alpha value is -2.67. The summed E-state index contributed by atoms with van der Waals surface area (Å²) in [5.74, 6) is -2.44. The van der Waals surface area contributed by atoms with Crippen LogP contribution in [0.15, 0.2) is 56.8 Å². The van der Waals surface area contributed by atoms with Gasteiger partial charge in [-0.3, -0.25) is 9.98 Å². The number of carbonyl (C=O) groups is 2. The summed E-state index contributed by atoms with van der Waals surface area (Å²) in [6.07, 6.45) is 11.4. The minimum Gasteiger partial charge on any atom is -0.542 e. The molecule has 0 aromatic carbocycles. The number of aliphatic carboxylic acids is 2. The van der Waals surface area contributed by atoms with Crippen molar-refractivity contribution >= 4 is 23.6 Å². The molecule has 0 heterocycles. The van der Waals surface area contributed by atoms with Crippen LogP contribution in [0, 0.1) is 0 Å². The van der Waals surface area contributed by atoms with Crippen LogP contribution < -0.4 is 10.2 Å². The van der Waals surface area contributed by atoms with Crippen LogP contribution in [0.4, 0.5) is 0 Å². The van der Waals surface area contributed by atoms with Crippen molar-refractivity contribution in [1.29, 1.82) is 0 Å². The maximum atomic E-state index is 11.1. The monoisotopic (exact) mass is 528 g/mol. The summed E-state index contributed by atoms with van der Waals surface area (Å²) in [6, 6.07) is -0.129. The van der Waals surface area contributed by atoms with Crippen molar-refractivity contribution in [3.05, 3.63) is 46.8 Å². The Morgan fingerprint density at radius 2 is 1.11 bits per heavy atom. The largest absolute Gasteiger partial charge is 2.00 e. The topological polar surface area (TPSA) is 111 Å². The standard InChI is InChI=1S/2C13H20N2O2.Ni/c2*1-5-10-7-6-8-11(10)15(4)12(13(16)17)14-9(2)3;/h2*6-7,9H,5,8H2,1-4H3,(H,16,17);/q;;+2/p-2. The molecule has 0 saturated heterocycles. The number of carboxylic acid groups (broad SMARTS) is 2. The summed E-state index contributed by atoms with van der Waals surface area (Å²) in [5.41, 5.74) is 4.31. The number of nitrogens with zero attached hydrogens (tertiary/aromatic N) is 4. The van der Waals surface area contributed by atoms with Gasteiger partial charge in [-0.15, -0.1) is 0 Å². The molecular weight excluding hydrogens is 491 g/mol. The van der Waals surface area contributed by atoms with Crippen LogP contribution >= 0.6 is 0 Å². The fourth-order valence-corrected chi connectivity index (χ4v) is 3.73. The molecule has 2 aliphatic rings. The van der Waals surface area contributed by atoms with E-state index in [1.165, 1.54) is 0 Å². The molecule has 0 aromatic heterocycles. The molecule has 0 bridgehead atoms. The first-order valence-electron chi connectivity index (χ1n) is 11.8. The second-order valence-corrected chi connectivity index (χ2v) is 8.65. The van der Waals surface area contributed by atoms with Gasteiger partial charge in [0.2, 0.25) is 0 Å². The Morgan fingerprint density at radius 1 is 0.800 bits per heavy atom. The van der Waals surface area contributed by atoms with E-state index < -0.39 is 11.9 Å². The van der Waals surface area contributed by atoms with Gasteiger partial charge in [-0.05, 0) is 51.7 Å². The fraction of sp³-hybridized carbons (Fsp3) is 0.538. The first kappa shape index (κ1) is 32.3. The molecule has 0 saturated carbocycles. The molecule has 0 fully saturated rings. The number of allylic oxidation sites excluding steroid dienone is 6. The predicted octanol–water partition coefficient (Wildman–Crippen LogP) is 2.20. The van der Waals surface area contributed by atoms with E-state index in [0.29, 0.717) is 0 Å². The number of likely N-dealkylation sites (N-methyl/N-ethyl adjacent to an activating group) is 2. The second kappa shape index (κ2) is 15.4. The van der Waals surface area contributed by atoms with Gasteiger partial charge in [-0.2, -0.15) is 0 Å². The number of hydrogen-bond acceptors (Lipinski definition) is 6. The normalized spacial score (nSPS) is 15.5. The number of hydrogen-bond donors (Lipinski definition) is 0. The zero-order valence-corrected chi connectivity index (χ0v) is 23.0. The molecule has 0 unspecified atom stereocenters. The molecule has 0 aromatic rings. The number of aliphatic imine (C=N–C) groups is 2. The van der Waals surface area contributed by atoms with Crippen LogP contribution in [0.5, 0.6) is 0 Å². The van der Waals surface area contributed by atoms with Gasteiger partial charge in [0, 0.05) is 50.4 Å². The molecular formula is C26H38N4NiO4. The van der Waals surface area contributed by atoms with Crippen molar-refractivity contribution in [2.45, 2.75) is 79.3 Å². The molecule has 2 aliphatic carbocycles. The number of amidine groups is 2. The van der Waals surface area contributed by atoms with Gasteiger partial charge in [-0.25, -0.2) is 0 Å². The van der Waals surface area contributed by atoms with Crippen LogP contribution in [-0.4, -0.2) is 59.6 Å². The smallest absolute Gasteiger partial charge is 0.542 e. The number of rotatable bonds is 6. The molecule has 0 aliphatic heterocycles. The van der Waals surface area contributed by atoms with Crippen molar-refractivity contribution in [2.75, 3.05) is 14.1 Å². The van der Waals surface area contributed by atoms with E-state index in [9.17, 15) is 19.8 Å². The van der Waals surface area contributed by atoms with Crippen LogP contribution in [0.2, 0.25) is 0 Å². The van der Waals surface area contributed by atoms with Crippen molar-refractivity contribution in [2.24, 2.45) is 9.98 Å². The third-order valence-corrected chi connectivity index (χ3v) is 5.33. The molecule has 0 radical (unpaired) electrons. The van der Waals surface area contributed by atoms with Crippen molar-refractivity contribution < 1.29 is 36.3 Å². The van der Waals surface area contributed by atoms with Gasteiger partial charge in [0.1, 0.15) is 11.9 Å². The summed E-state index contributed by atoms with van der Waals surface area (Å²) >= 11 is 0. The Kier molecular flexibility index (Phi) is 14.2. The Labute approximate surface area is 219 Å². The molecule has 0 amide bonds. The molecule has 0 N–H and O–H groups in total. The minimum atomic E-state index is -1.23. The van der Waals surface area contributed by atoms with E-state index in [2.05, 4.69) is 23.8 Å². The van der Waals surface area contributed by atoms with Gasteiger partial charge in [0.15, 0.2) is 11.7 Å². The van der Waals surface area contributed by atoms with Crippen molar-refractivity contribution in [3.8, 4) is 0 Å². The molecule has 0 atom stereocenters. The first-order chi connectivity index (χ1) is 15.9. The van der Waals surface area contributed by atoms with E-state index >= 15 is 0 Å². The molecule has 35 heavy (non-hydrogen) atoms. The number of carboxylic acids is 2. The van der Waals surface area contributed by atoms with E-state index in [4.69, 9.17) is 0 Å². The average molecular weight is 529 g/mol. The maximum absolute atomic E-state index is 11.1. The fourth-order valence-electron chi connectivity index (χ4n) is 3.73. The predicted molar refractivity (Wildman–Crippen MR) is 133 cm³/mol. The van der Waals surface area contributed by atoms with Crippen LogP contribution in [-0.2, 0) is 26.1 Å². The van der Waals surface area contributed by atoms with Crippen molar-refractivity contribution in [1.82, 2.24) is 9.80 Å². The third kappa shape index (κ3) is 9.48. The summed E-state index contributed by atoms with van der Waals surface area (Å²) in [4.78, 5) is 33.7. The third-order valence-electron chi connectivity index (χ3n) is 5.33. The van der Waals surface area contributed by atoms with Gasteiger partial charge >= 0.3 is 16.5 Å². The molecule has 9 heteroatoms. The summed E-state index contributed by atoms with van der Waals surface area (Å²) < 4.78 is 0. The van der Waals surface area contributed by atoms with E-state index in [0.717, 1.165) is 48.2 Å². The molecule has 8 nitrogen and oxygen atoms in total. The quantitative estimate of drug-likeness (QED) is 0.297. The van der Waals surface area contributed by atoms with Gasteiger partial charge < -0.3 is 29.6 Å². The Bertz CT molecular complexity index is 867. The summed E-state index contributed by atoms with van der Waals surface area (Å²) in [5, 5.41) is 22.2. The second-order valence-electron chi connectivity index (χ2n) is 8.65. The maximum Gasteiger partial charge on any atom is 2.00 e. The minimum absolute atomic E-state index is 0. The molecule has 196 valence electrons. The molecule has 0 spiro atoms. The van der Waals surface area contributed by atoms with Crippen LogP contribution in [0.1, 0.15) is 67.2 Å². The van der Waals surface area contributed by atoms with Gasteiger partial charge in [-0.1, -0.05) is 38.2 Å². The SMILES string of the molecule is CCC1=C(N(C)C(=NC(C)C)C(=O)[O-])CC=C1.CCC1=C(N(C)C(=NC(C)C)C(=O)[O-])CC=C1.[Ni+2]. The summed E-state index contributed by atoms with van der Waals surface area (Å²) in [6.45, 7) is 11.5. The average Bonchev–Trinajstić information content (AvgIpc) is 3.43. The first-order valence-corrected chi connectivity index (χ1v) is 11.8. The summed E-state index contributed by atoms with van der Waals surface area (Å²) in [7, 11) is 3.46.